The lowest BCUT2D eigenvalue weighted by atomic mass is 9.95. The molecule has 0 radical (unpaired) electrons. The molecule has 4 heteroatoms. The van der Waals surface area contributed by atoms with E-state index in [2.05, 4.69) is 19.4 Å². The van der Waals surface area contributed by atoms with Crippen molar-refractivity contribution in [3.8, 4) is 0 Å². The van der Waals surface area contributed by atoms with Crippen LogP contribution in [-0.2, 0) is 0 Å². The summed E-state index contributed by atoms with van der Waals surface area (Å²) in [6.45, 7) is 0. The van der Waals surface area contributed by atoms with Crippen molar-refractivity contribution in [3.63, 3.8) is 0 Å². The minimum Gasteiger partial charge on any atom is -1.00 e. The maximum absolute atomic E-state index is 12.2. The van der Waals surface area contributed by atoms with Crippen LogP contribution in [0.1, 0.15) is 36.0 Å². The maximum atomic E-state index is 12.2. The van der Waals surface area contributed by atoms with Crippen LogP contribution in [0.2, 0.25) is 0 Å². The van der Waals surface area contributed by atoms with Crippen LogP contribution in [0.25, 0.3) is 0 Å². The first-order valence-corrected chi connectivity index (χ1v) is 7.26. The summed E-state index contributed by atoms with van der Waals surface area (Å²) >= 11 is 0. The third kappa shape index (κ3) is 2.86. The molecule has 2 fully saturated rings. The number of nitrogens with one attached hydrogen (secondary N) is 1. The summed E-state index contributed by atoms with van der Waals surface area (Å²) in [5.41, 5.74) is 0.772. The fraction of sp³-hybridized carbons (Fsp3) is 0.562. The molecular formula is C16H23IN2O. The fourth-order valence-corrected chi connectivity index (χ4v) is 3.86. The highest BCUT2D eigenvalue weighted by Crippen LogP contribution is 2.39. The van der Waals surface area contributed by atoms with E-state index in [1.807, 2.05) is 30.3 Å². The van der Waals surface area contributed by atoms with E-state index in [4.69, 9.17) is 0 Å². The Morgan fingerprint density at radius 3 is 2.20 bits per heavy atom. The van der Waals surface area contributed by atoms with Gasteiger partial charge in [0.25, 0.3) is 5.91 Å². The highest BCUT2D eigenvalue weighted by Gasteiger charge is 2.49. The molecule has 2 aliphatic heterocycles. The van der Waals surface area contributed by atoms with Crippen molar-refractivity contribution in [1.29, 1.82) is 0 Å². The zero-order valence-electron chi connectivity index (χ0n) is 12.2. The predicted molar refractivity (Wildman–Crippen MR) is 75.8 cm³/mol. The van der Waals surface area contributed by atoms with Crippen molar-refractivity contribution in [3.05, 3.63) is 35.9 Å². The average Bonchev–Trinajstić information content (AvgIpc) is 2.58. The first-order valence-electron chi connectivity index (χ1n) is 7.26. The number of amides is 1. The van der Waals surface area contributed by atoms with Crippen molar-refractivity contribution in [2.24, 2.45) is 0 Å². The molecule has 0 aliphatic carbocycles. The normalized spacial score (nSPS) is 30.4. The molecule has 2 heterocycles. The SMILES string of the molecule is C[N+]1(C)C2CCC1CC(NC(=O)c1ccccc1)C2.[I-]. The van der Waals surface area contributed by atoms with Crippen molar-refractivity contribution in [1.82, 2.24) is 5.32 Å². The highest BCUT2D eigenvalue weighted by atomic mass is 127. The van der Waals surface area contributed by atoms with Gasteiger partial charge in [-0.2, -0.15) is 0 Å². The number of piperidine rings is 1. The quantitative estimate of drug-likeness (QED) is 0.523. The van der Waals surface area contributed by atoms with Gasteiger partial charge in [0, 0.05) is 37.3 Å². The second-order valence-corrected chi connectivity index (χ2v) is 6.52. The van der Waals surface area contributed by atoms with E-state index < -0.39 is 0 Å². The smallest absolute Gasteiger partial charge is 0.251 e. The van der Waals surface area contributed by atoms with Gasteiger partial charge in [-0.05, 0) is 12.1 Å². The van der Waals surface area contributed by atoms with Gasteiger partial charge in [0.2, 0.25) is 0 Å². The molecule has 1 amide bonds. The molecule has 2 atom stereocenters. The third-order valence-corrected chi connectivity index (χ3v) is 5.20. The van der Waals surface area contributed by atoms with Crippen molar-refractivity contribution in [2.45, 2.75) is 43.8 Å². The molecule has 1 N–H and O–H groups in total. The van der Waals surface area contributed by atoms with Gasteiger partial charge in [0.15, 0.2) is 0 Å². The number of quaternary nitrogens is 1. The van der Waals surface area contributed by atoms with Gasteiger partial charge in [0.1, 0.15) is 0 Å². The Morgan fingerprint density at radius 2 is 1.65 bits per heavy atom. The molecule has 0 spiro atoms. The molecule has 3 nitrogen and oxygen atoms in total. The summed E-state index contributed by atoms with van der Waals surface area (Å²) in [4.78, 5) is 12.2. The molecular weight excluding hydrogens is 363 g/mol. The molecule has 1 aromatic rings. The Morgan fingerprint density at radius 1 is 1.10 bits per heavy atom. The second-order valence-electron chi connectivity index (χ2n) is 6.52. The molecule has 3 rings (SSSR count). The number of benzene rings is 1. The summed E-state index contributed by atoms with van der Waals surface area (Å²) < 4.78 is 1.15. The fourth-order valence-electron chi connectivity index (χ4n) is 3.86. The van der Waals surface area contributed by atoms with E-state index in [-0.39, 0.29) is 29.9 Å². The van der Waals surface area contributed by atoms with Crippen molar-refractivity contribution >= 4 is 5.91 Å². The van der Waals surface area contributed by atoms with Crippen LogP contribution >= 0.6 is 0 Å². The number of fused-ring (bicyclic) bond motifs is 2. The lowest BCUT2D eigenvalue weighted by molar-refractivity contribution is -0.930. The maximum Gasteiger partial charge on any atom is 0.251 e. The Labute approximate surface area is 138 Å². The van der Waals surface area contributed by atoms with E-state index in [1.165, 1.54) is 12.8 Å². The Hall–Kier alpha value is -0.620. The Balaban J connectivity index is 0.00000147. The number of rotatable bonds is 2. The first kappa shape index (κ1) is 15.8. The zero-order valence-corrected chi connectivity index (χ0v) is 14.3. The standard InChI is InChI=1S/C16H22N2O.HI/c1-18(2)14-8-9-15(18)11-13(10-14)17-16(19)12-6-4-3-5-7-12;/h3-7,13-15H,8-11H2,1-2H3;1H. The molecule has 2 bridgehead atoms. The van der Waals surface area contributed by atoms with Crippen molar-refractivity contribution < 1.29 is 33.3 Å². The monoisotopic (exact) mass is 386 g/mol. The lowest BCUT2D eigenvalue weighted by Crippen LogP contribution is -3.00. The van der Waals surface area contributed by atoms with Crippen LogP contribution < -0.4 is 29.3 Å². The van der Waals surface area contributed by atoms with Gasteiger partial charge >= 0.3 is 0 Å². The first-order chi connectivity index (χ1) is 9.07. The van der Waals surface area contributed by atoms with Gasteiger partial charge in [-0.25, -0.2) is 0 Å². The Bertz CT molecular complexity index is 459. The van der Waals surface area contributed by atoms with Crippen molar-refractivity contribution in [2.75, 3.05) is 14.1 Å². The van der Waals surface area contributed by atoms with E-state index in [9.17, 15) is 4.79 Å². The highest BCUT2D eigenvalue weighted by molar-refractivity contribution is 5.94. The van der Waals surface area contributed by atoms with E-state index >= 15 is 0 Å². The van der Waals surface area contributed by atoms with Crippen LogP contribution in [0, 0.1) is 0 Å². The number of carbonyl (C=O) groups excluding carboxylic acids is 1. The molecule has 0 aromatic heterocycles. The largest absolute Gasteiger partial charge is 1.00 e. The number of halogens is 1. The number of carbonyl (C=O) groups is 1. The van der Waals surface area contributed by atoms with Gasteiger partial charge in [0.05, 0.1) is 26.2 Å². The number of hydrogen-bond acceptors (Lipinski definition) is 1. The van der Waals surface area contributed by atoms with Crippen LogP contribution in [0.4, 0.5) is 0 Å². The number of nitrogens with zero attached hydrogens (tertiary/aromatic N) is 1. The zero-order chi connectivity index (χ0) is 13.5. The third-order valence-electron chi connectivity index (χ3n) is 5.20. The van der Waals surface area contributed by atoms with E-state index in [0.29, 0.717) is 6.04 Å². The van der Waals surface area contributed by atoms with Crippen LogP contribution in [-0.4, -0.2) is 42.6 Å². The summed E-state index contributed by atoms with van der Waals surface area (Å²) in [7, 11) is 4.69. The number of hydrogen-bond donors (Lipinski definition) is 1. The molecule has 0 saturated carbocycles. The van der Waals surface area contributed by atoms with Gasteiger partial charge in [-0.1, -0.05) is 18.2 Å². The van der Waals surface area contributed by atoms with Crippen LogP contribution in [0.5, 0.6) is 0 Å². The molecule has 2 unspecified atom stereocenters. The molecule has 110 valence electrons. The minimum absolute atomic E-state index is 0. The van der Waals surface area contributed by atoms with Crippen LogP contribution in [0.15, 0.2) is 30.3 Å². The Kier molecular flexibility index (Phi) is 4.74. The topological polar surface area (TPSA) is 29.1 Å². The summed E-state index contributed by atoms with van der Waals surface area (Å²) in [6.07, 6.45) is 4.88. The van der Waals surface area contributed by atoms with E-state index in [1.54, 1.807) is 0 Å². The molecule has 20 heavy (non-hydrogen) atoms. The minimum atomic E-state index is 0. The second kappa shape index (κ2) is 6.02. The van der Waals surface area contributed by atoms with Crippen LogP contribution in [0.3, 0.4) is 0 Å². The average molecular weight is 386 g/mol. The van der Waals surface area contributed by atoms with E-state index in [0.717, 1.165) is 35.0 Å². The van der Waals surface area contributed by atoms with Gasteiger partial charge in [-0.3, -0.25) is 4.79 Å². The van der Waals surface area contributed by atoms with Gasteiger partial charge < -0.3 is 33.8 Å². The molecule has 2 aliphatic rings. The van der Waals surface area contributed by atoms with Gasteiger partial charge in [-0.15, -0.1) is 0 Å². The lowest BCUT2D eigenvalue weighted by Gasteiger charge is -2.44. The summed E-state index contributed by atoms with van der Waals surface area (Å²) in [5.74, 6) is 0.0807. The summed E-state index contributed by atoms with van der Waals surface area (Å²) in [5, 5.41) is 3.22. The summed E-state index contributed by atoms with van der Waals surface area (Å²) in [6, 6.07) is 11.3. The molecule has 2 saturated heterocycles. The molecule has 1 aromatic carbocycles. The predicted octanol–water partition coefficient (Wildman–Crippen LogP) is -0.810.